The molecule has 0 spiro atoms. The third-order valence-electron chi connectivity index (χ3n) is 5.77. The van der Waals surface area contributed by atoms with E-state index in [1.54, 1.807) is 0 Å². The van der Waals surface area contributed by atoms with E-state index in [1.807, 2.05) is 25.7 Å². The quantitative estimate of drug-likeness (QED) is 0.807. The highest BCUT2D eigenvalue weighted by Gasteiger charge is 2.35. The number of morpholine rings is 1. The first-order chi connectivity index (χ1) is 14.3. The Labute approximate surface area is 178 Å². The number of nitrogens with one attached hydrogen (secondary N) is 1. The summed E-state index contributed by atoms with van der Waals surface area (Å²) in [6, 6.07) is 8.50. The van der Waals surface area contributed by atoms with Crippen molar-refractivity contribution in [2.24, 2.45) is 0 Å². The molecule has 3 heterocycles. The van der Waals surface area contributed by atoms with E-state index in [0.717, 1.165) is 11.3 Å². The van der Waals surface area contributed by atoms with Crippen molar-refractivity contribution in [3.05, 3.63) is 41.1 Å². The first kappa shape index (κ1) is 20.6. The maximum Gasteiger partial charge on any atom is 0.273 e. The predicted octanol–water partition coefficient (Wildman–Crippen LogP) is 3.93. The van der Waals surface area contributed by atoms with Crippen LogP contribution in [0, 0.1) is 0 Å². The maximum absolute atomic E-state index is 13.0. The Hall–Kier alpha value is -2.67. The molecule has 1 aromatic carbocycles. The molecule has 2 aliphatic heterocycles. The lowest BCUT2D eigenvalue weighted by Gasteiger charge is -2.31. The van der Waals surface area contributed by atoms with E-state index in [9.17, 15) is 4.79 Å². The minimum absolute atomic E-state index is 0.0248. The molecule has 0 aliphatic carbocycles. The highest BCUT2D eigenvalue weighted by molar-refractivity contribution is 5.98. The summed E-state index contributed by atoms with van der Waals surface area (Å²) in [5.74, 6) is 1.75. The highest BCUT2D eigenvalue weighted by atomic mass is 16.5. The van der Waals surface area contributed by atoms with Gasteiger partial charge >= 0.3 is 0 Å². The third-order valence-corrected chi connectivity index (χ3v) is 5.77. The zero-order valence-corrected chi connectivity index (χ0v) is 18.5. The van der Waals surface area contributed by atoms with Gasteiger partial charge in [-0.05, 0) is 44.4 Å². The molecule has 4 rings (SSSR count). The van der Waals surface area contributed by atoms with Gasteiger partial charge in [-0.2, -0.15) is 4.98 Å². The van der Waals surface area contributed by atoms with Crippen molar-refractivity contribution in [3.63, 3.8) is 0 Å². The van der Waals surface area contributed by atoms with Gasteiger partial charge in [0.15, 0.2) is 0 Å². The Bertz CT molecular complexity index is 926. The second-order valence-electron chi connectivity index (χ2n) is 8.76. The van der Waals surface area contributed by atoms with Gasteiger partial charge in [0.1, 0.15) is 11.5 Å². The van der Waals surface area contributed by atoms with E-state index in [-0.39, 0.29) is 18.1 Å². The molecule has 0 radical (unpaired) electrons. The van der Waals surface area contributed by atoms with Crippen LogP contribution in [0.3, 0.4) is 0 Å². The van der Waals surface area contributed by atoms with Crippen molar-refractivity contribution in [1.82, 2.24) is 14.9 Å². The maximum atomic E-state index is 13.0. The standard InChI is InChI=1S/C23H31N5O2/c1-14(2)17-6-8-18(9-7-17)24-21-19-13-28(15(3)4)22(29)20(19)25-23(26-21)27-10-11-30-16(5)12-27/h6-9,14-16H,10-13H2,1-5H3,(H,24,25,26)/t16-/m1/s1. The Kier molecular flexibility index (Phi) is 5.64. The highest BCUT2D eigenvalue weighted by Crippen LogP contribution is 2.32. The fourth-order valence-electron chi connectivity index (χ4n) is 3.93. The first-order valence-corrected chi connectivity index (χ1v) is 10.8. The number of anilines is 3. The summed E-state index contributed by atoms with van der Waals surface area (Å²) in [6.07, 6.45) is 0.110. The molecular weight excluding hydrogens is 378 g/mol. The van der Waals surface area contributed by atoms with Crippen LogP contribution >= 0.6 is 0 Å². The van der Waals surface area contributed by atoms with Gasteiger partial charge in [-0.25, -0.2) is 4.98 Å². The number of ether oxygens (including phenoxy) is 1. The number of rotatable bonds is 5. The molecule has 30 heavy (non-hydrogen) atoms. The number of hydrogen-bond donors (Lipinski definition) is 1. The van der Waals surface area contributed by atoms with E-state index in [4.69, 9.17) is 14.7 Å². The van der Waals surface area contributed by atoms with Gasteiger partial charge in [-0.15, -0.1) is 0 Å². The van der Waals surface area contributed by atoms with Crippen molar-refractivity contribution < 1.29 is 9.53 Å². The molecule has 2 aliphatic rings. The molecule has 0 unspecified atom stereocenters. The molecule has 1 N–H and O–H groups in total. The van der Waals surface area contributed by atoms with E-state index >= 15 is 0 Å². The largest absolute Gasteiger partial charge is 0.375 e. The number of aromatic nitrogens is 2. The van der Waals surface area contributed by atoms with Crippen LogP contribution in [0.2, 0.25) is 0 Å². The van der Waals surface area contributed by atoms with E-state index < -0.39 is 0 Å². The number of carbonyl (C=O) groups excluding carboxylic acids is 1. The van der Waals surface area contributed by atoms with Gasteiger partial charge in [0.2, 0.25) is 5.95 Å². The van der Waals surface area contributed by atoms with Crippen LogP contribution in [0.4, 0.5) is 17.5 Å². The second-order valence-corrected chi connectivity index (χ2v) is 8.76. The average Bonchev–Trinajstić information content (AvgIpc) is 3.06. The Balaban J connectivity index is 1.71. The number of amides is 1. The summed E-state index contributed by atoms with van der Waals surface area (Å²) in [5.41, 5.74) is 3.62. The van der Waals surface area contributed by atoms with Gasteiger partial charge in [0.05, 0.1) is 19.3 Å². The Morgan fingerprint density at radius 3 is 2.50 bits per heavy atom. The third kappa shape index (κ3) is 3.99. The molecule has 1 aromatic heterocycles. The fourth-order valence-corrected chi connectivity index (χ4v) is 3.93. The van der Waals surface area contributed by atoms with Crippen molar-refractivity contribution in [2.45, 2.75) is 59.2 Å². The zero-order chi connectivity index (χ0) is 21.4. The fraction of sp³-hybridized carbons (Fsp3) is 0.522. The van der Waals surface area contributed by atoms with E-state index in [2.05, 4.69) is 48.3 Å². The summed E-state index contributed by atoms with van der Waals surface area (Å²) in [6.45, 7) is 13.0. The normalized spacial score (nSPS) is 19.0. The summed E-state index contributed by atoms with van der Waals surface area (Å²) >= 11 is 0. The van der Waals surface area contributed by atoms with Crippen molar-refractivity contribution in [2.75, 3.05) is 29.9 Å². The lowest BCUT2D eigenvalue weighted by atomic mass is 10.0. The first-order valence-electron chi connectivity index (χ1n) is 10.8. The van der Waals surface area contributed by atoms with Crippen LogP contribution in [0.25, 0.3) is 0 Å². The zero-order valence-electron chi connectivity index (χ0n) is 18.5. The van der Waals surface area contributed by atoms with Gasteiger partial charge in [0.25, 0.3) is 5.91 Å². The minimum Gasteiger partial charge on any atom is -0.375 e. The average molecular weight is 410 g/mol. The van der Waals surface area contributed by atoms with Gasteiger partial charge in [-0.3, -0.25) is 4.79 Å². The monoisotopic (exact) mass is 409 g/mol. The van der Waals surface area contributed by atoms with Crippen LogP contribution in [-0.2, 0) is 11.3 Å². The summed E-state index contributed by atoms with van der Waals surface area (Å²) < 4.78 is 5.66. The topological polar surface area (TPSA) is 70.6 Å². The van der Waals surface area contributed by atoms with Crippen LogP contribution in [0.1, 0.15) is 62.2 Å². The van der Waals surface area contributed by atoms with Crippen molar-refractivity contribution in [3.8, 4) is 0 Å². The van der Waals surface area contributed by atoms with Crippen LogP contribution < -0.4 is 10.2 Å². The molecule has 160 valence electrons. The molecule has 1 amide bonds. The summed E-state index contributed by atoms with van der Waals surface area (Å²) in [7, 11) is 0. The number of hydrogen-bond acceptors (Lipinski definition) is 6. The Morgan fingerprint density at radius 1 is 1.13 bits per heavy atom. The Morgan fingerprint density at radius 2 is 1.87 bits per heavy atom. The molecule has 1 atom stereocenters. The molecular formula is C23H31N5O2. The number of nitrogens with zero attached hydrogens (tertiary/aromatic N) is 4. The lowest BCUT2D eigenvalue weighted by molar-refractivity contribution is 0.0526. The summed E-state index contributed by atoms with van der Waals surface area (Å²) in [4.78, 5) is 26.5. The lowest BCUT2D eigenvalue weighted by Crippen LogP contribution is -2.42. The molecule has 0 bridgehead atoms. The SMILES string of the molecule is CC(C)c1ccc(Nc2nc(N3CCO[C@H](C)C3)nc3c2CN(C(C)C)C3=O)cc1. The number of benzene rings is 1. The van der Waals surface area contributed by atoms with Crippen molar-refractivity contribution >= 4 is 23.4 Å². The molecule has 1 fully saturated rings. The predicted molar refractivity (Wildman–Crippen MR) is 118 cm³/mol. The van der Waals surface area contributed by atoms with E-state index in [0.29, 0.717) is 49.6 Å². The second kappa shape index (κ2) is 8.22. The number of fused-ring (bicyclic) bond motifs is 1. The minimum atomic E-state index is -0.0248. The van der Waals surface area contributed by atoms with E-state index in [1.165, 1.54) is 5.56 Å². The summed E-state index contributed by atoms with van der Waals surface area (Å²) in [5, 5.41) is 3.45. The molecule has 2 aromatic rings. The van der Waals surface area contributed by atoms with Crippen LogP contribution in [0.5, 0.6) is 0 Å². The molecule has 7 heteroatoms. The van der Waals surface area contributed by atoms with Crippen molar-refractivity contribution in [1.29, 1.82) is 0 Å². The van der Waals surface area contributed by atoms with Crippen LogP contribution in [0.15, 0.2) is 24.3 Å². The molecule has 1 saturated heterocycles. The van der Waals surface area contributed by atoms with Gasteiger partial charge < -0.3 is 19.9 Å². The van der Waals surface area contributed by atoms with Gasteiger partial charge in [0, 0.05) is 30.4 Å². The molecule has 0 saturated carbocycles. The van der Waals surface area contributed by atoms with Gasteiger partial charge in [-0.1, -0.05) is 26.0 Å². The molecule has 7 nitrogen and oxygen atoms in total. The van der Waals surface area contributed by atoms with Crippen LogP contribution in [-0.4, -0.2) is 52.6 Å². The smallest absolute Gasteiger partial charge is 0.273 e. The number of carbonyl (C=O) groups is 1.